The van der Waals surface area contributed by atoms with Crippen LogP contribution < -0.4 is 0 Å². The van der Waals surface area contributed by atoms with Crippen molar-refractivity contribution >= 4 is 33.8 Å². The molecule has 1 heteroatoms. The Labute approximate surface area is 104 Å². The van der Waals surface area contributed by atoms with Crippen molar-refractivity contribution in [3.63, 3.8) is 0 Å². The lowest BCUT2D eigenvalue weighted by Gasteiger charge is -1.91. The first kappa shape index (κ1) is 9.20. The van der Waals surface area contributed by atoms with Gasteiger partial charge in [-0.15, -0.1) is 11.3 Å². The fourth-order valence-corrected chi connectivity index (χ4v) is 2.96. The Morgan fingerprint density at radius 1 is 0.824 bits per heavy atom. The molecule has 4 rings (SSSR count). The maximum absolute atomic E-state index is 2.30. The number of rotatable bonds is 1. The summed E-state index contributed by atoms with van der Waals surface area (Å²) in [4.78, 5) is 1.33. The first-order valence-corrected chi connectivity index (χ1v) is 6.58. The Morgan fingerprint density at radius 3 is 2.12 bits per heavy atom. The van der Waals surface area contributed by atoms with Gasteiger partial charge in [-0.2, -0.15) is 0 Å². The average Bonchev–Trinajstić information content (AvgIpc) is 2.78. The molecule has 0 amide bonds. The molecule has 0 spiro atoms. The maximum Gasteiger partial charge on any atom is 0.0276 e. The zero-order chi connectivity index (χ0) is 11.2. The van der Waals surface area contributed by atoms with Crippen molar-refractivity contribution in [2.45, 2.75) is 0 Å². The van der Waals surface area contributed by atoms with Gasteiger partial charge in [-0.1, -0.05) is 30.3 Å². The van der Waals surface area contributed by atoms with E-state index in [-0.39, 0.29) is 0 Å². The monoisotopic (exact) mass is 234 g/mol. The van der Waals surface area contributed by atoms with Crippen LogP contribution in [0.15, 0.2) is 53.9 Å². The van der Waals surface area contributed by atoms with E-state index in [0.29, 0.717) is 0 Å². The summed E-state index contributed by atoms with van der Waals surface area (Å²) in [5.74, 6) is 0. The van der Waals surface area contributed by atoms with Crippen LogP contribution in [0.2, 0.25) is 0 Å². The largest absolute Gasteiger partial charge is 0.144 e. The van der Waals surface area contributed by atoms with Gasteiger partial charge in [-0.05, 0) is 57.1 Å². The van der Waals surface area contributed by atoms with Gasteiger partial charge in [0.1, 0.15) is 0 Å². The Kier molecular flexibility index (Phi) is 1.79. The van der Waals surface area contributed by atoms with Crippen molar-refractivity contribution in [2.24, 2.45) is 0 Å². The van der Waals surface area contributed by atoms with E-state index in [2.05, 4.69) is 60.0 Å². The van der Waals surface area contributed by atoms with Crippen LogP contribution in [0.3, 0.4) is 0 Å². The van der Waals surface area contributed by atoms with Gasteiger partial charge in [-0.3, -0.25) is 0 Å². The van der Waals surface area contributed by atoms with Crippen molar-refractivity contribution < 1.29 is 0 Å². The molecule has 0 nitrogen and oxygen atoms in total. The first-order valence-electron chi connectivity index (χ1n) is 5.70. The molecule has 80 valence electrons. The van der Waals surface area contributed by atoms with Crippen LogP contribution in [0.1, 0.15) is 16.0 Å². The van der Waals surface area contributed by atoms with Gasteiger partial charge in [0.2, 0.25) is 0 Å². The molecule has 0 bridgehead atoms. The molecule has 1 aliphatic carbocycles. The zero-order valence-corrected chi connectivity index (χ0v) is 10.00. The summed E-state index contributed by atoms with van der Waals surface area (Å²) in [7, 11) is 0. The second-order valence-corrected chi connectivity index (χ2v) is 5.30. The molecular formula is C16H10S. The van der Waals surface area contributed by atoms with E-state index in [1.807, 2.05) is 0 Å². The van der Waals surface area contributed by atoms with Crippen molar-refractivity contribution in [1.82, 2.24) is 0 Å². The highest BCUT2D eigenvalue weighted by Gasteiger charge is 2.25. The quantitative estimate of drug-likeness (QED) is 0.443. The molecule has 3 aromatic rings. The summed E-state index contributed by atoms with van der Waals surface area (Å²) >= 11 is 1.79. The fourth-order valence-electron chi connectivity index (χ4n) is 2.30. The number of benzene rings is 2. The standard InChI is InChI=1S/C16H10S/c1-2-5-12-9-15-14(8-11(12)4-1)16(15)10-13-6-3-7-17-13/h1-10H. The minimum absolute atomic E-state index is 1.33. The lowest BCUT2D eigenvalue weighted by molar-refractivity contribution is 1.78. The van der Waals surface area contributed by atoms with Crippen LogP contribution in [-0.4, -0.2) is 0 Å². The van der Waals surface area contributed by atoms with E-state index in [1.165, 1.54) is 32.3 Å². The summed E-state index contributed by atoms with van der Waals surface area (Å²) in [5.41, 5.74) is 4.23. The summed E-state index contributed by atoms with van der Waals surface area (Å²) in [5, 5.41) is 4.79. The lowest BCUT2D eigenvalue weighted by atomic mass is 10.1. The molecule has 1 heterocycles. The maximum atomic E-state index is 2.30. The molecule has 0 unspecified atom stereocenters. The first-order chi connectivity index (χ1) is 8.42. The third-order valence-electron chi connectivity index (χ3n) is 3.23. The summed E-state index contributed by atoms with van der Waals surface area (Å²) in [6, 6.07) is 17.4. The van der Waals surface area contributed by atoms with Crippen molar-refractivity contribution in [3.05, 3.63) is 69.9 Å². The van der Waals surface area contributed by atoms with Gasteiger partial charge in [0.15, 0.2) is 0 Å². The summed E-state index contributed by atoms with van der Waals surface area (Å²) in [6.07, 6.45) is 2.29. The minimum Gasteiger partial charge on any atom is -0.144 e. The van der Waals surface area contributed by atoms with Crippen LogP contribution in [0.4, 0.5) is 0 Å². The van der Waals surface area contributed by atoms with Crippen LogP contribution in [0.25, 0.3) is 22.4 Å². The van der Waals surface area contributed by atoms with Gasteiger partial charge in [0, 0.05) is 4.88 Å². The number of hydrogen-bond donors (Lipinski definition) is 0. The Bertz CT molecular complexity index is 689. The topological polar surface area (TPSA) is 0 Å². The highest BCUT2D eigenvalue weighted by molar-refractivity contribution is 7.10. The van der Waals surface area contributed by atoms with Crippen molar-refractivity contribution in [2.75, 3.05) is 0 Å². The van der Waals surface area contributed by atoms with Crippen LogP contribution in [-0.2, 0) is 0 Å². The third-order valence-corrected chi connectivity index (χ3v) is 4.05. The van der Waals surface area contributed by atoms with Gasteiger partial charge < -0.3 is 0 Å². The van der Waals surface area contributed by atoms with Crippen LogP contribution >= 0.6 is 11.3 Å². The second-order valence-electron chi connectivity index (χ2n) is 4.32. The highest BCUT2D eigenvalue weighted by atomic mass is 32.1. The molecular weight excluding hydrogens is 224 g/mol. The molecule has 0 aliphatic heterocycles. The molecule has 0 N–H and O–H groups in total. The van der Waals surface area contributed by atoms with Gasteiger partial charge in [0.05, 0.1) is 0 Å². The molecule has 0 fully saturated rings. The van der Waals surface area contributed by atoms with Gasteiger partial charge in [-0.25, -0.2) is 0 Å². The minimum atomic E-state index is 1.33. The van der Waals surface area contributed by atoms with E-state index in [9.17, 15) is 0 Å². The van der Waals surface area contributed by atoms with Crippen LogP contribution in [0.5, 0.6) is 0 Å². The number of fused-ring (bicyclic) bond motifs is 2. The molecule has 1 aromatic heterocycles. The van der Waals surface area contributed by atoms with Gasteiger partial charge in [0.25, 0.3) is 0 Å². The summed E-state index contributed by atoms with van der Waals surface area (Å²) in [6.45, 7) is 0. The van der Waals surface area contributed by atoms with E-state index in [1.54, 1.807) is 11.3 Å². The SMILES string of the molecule is C(=C1c2cc3ccccc3cc21)c1cccs1. The predicted molar refractivity (Wildman–Crippen MR) is 75.2 cm³/mol. The lowest BCUT2D eigenvalue weighted by Crippen LogP contribution is -1.67. The third kappa shape index (κ3) is 1.43. The van der Waals surface area contributed by atoms with Gasteiger partial charge >= 0.3 is 0 Å². The molecule has 0 saturated carbocycles. The zero-order valence-electron chi connectivity index (χ0n) is 9.18. The van der Waals surface area contributed by atoms with Crippen LogP contribution in [0, 0.1) is 0 Å². The van der Waals surface area contributed by atoms with Crippen molar-refractivity contribution in [1.29, 1.82) is 0 Å². The van der Waals surface area contributed by atoms with E-state index in [4.69, 9.17) is 0 Å². The van der Waals surface area contributed by atoms with E-state index >= 15 is 0 Å². The Hall–Kier alpha value is -1.86. The van der Waals surface area contributed by atoms with Crippen molar-refractivity contribution in [3.8, 4) is 0 Å². The van der Waals surface area contributed by atoms with E-state index < -0.39 is 0 Å². The molecule has 0 radical (unpaired) electrons. The molecule has 0 saturated heterocycles. The number of thiophene rings is 1. The fraction of sp³-hybridized carbons (Fsp3) is 0. The van der Waals surface area contributed by atoms with E-state index in [0.717, 1.165) is 0 Å². The number of hydrogen-bond acceptors (Lipinski definition) is 1. The summed E-state index contributed by atoms with van der Waals surface area (Å²) < 4.78 is 0. The predicted octanol–water partition coefficient (Wildman–Crippen LogP) is 4.80. The highest BCUT2D eigenvalue weighted by Crippen LogP contribution is 2.46. The Morgan fingerprint density at radius 2 is 1.53 bits per heavy atom. The molecule has 2 aromatic carbocycles. The molecule has 17 heavy (non-hydrogen) atoms. The molecule has 1 aliphatic rings. The Balaban J connectivity index is 1.86. The normalized spacial score (nSPS) is 12.6. The second kappa shape index (κ2) is 3.31. The average molecular weight is 234 g/mol. The molecule has 0 atom stereocenters. The smallest absolute Gasteiger partial charge is 0.0276 e.